The lowest BCUT2D eigenvalue weighted by molar-refractivity contribution is 0.743. The fourth-order valence-electron chi connectivity index (χ4n) is 14.7. The van der Waals surface area contributed by atoms with E-state index < -0.39 is 0 Å². The molecule has 4 unspecified atom stereocenters. The Hall–Kier alpha value is -8.60. The van der Waals surface area contributed by atoms with Crippen molar-refractivity contribution in [1.82, 2.24) is 0 Å². The average molecular weight is 863 g/mol. The first-order valence-electron chi connectivity index (χ1n) is 24.2. The van der Waals surface area contributed by atoms with Crippen LogP contribution in [0.4, 0.5) is 45.5 Å². The molecule has 10 aromatic carbocycles. The van der Waals surface area contributed by atoms with Gasteiger partial charge in [0.25, 0.3) is 0 Å². The highest BCUT2D eigenvalue weighted by molar-refractivity contribution is 6.11. The number of anilines is 8. The summed E-state index contributed by atoms with van der Waals surface area (Å²) in [6.45, 7) is 0. The van der Waals surface area contributed by atoms with Crippen LogP contribution in [0.2, 0.25) is 0 Å². The molecule has 10 aromatic rings. The van der Waals surface area contributed by atoms with Crippen LogP contribution in [0, 0.1) is 0 Å². The van der Waals surface area contributed by atoms with Crippen LogP contribution in [-0.4, -0.2) is 0 Å². The maximum Gasteiger partial charge on any atom is 0.0858 e. The zero-order chi connectivity index (χ0) is 43.7. The van der Waals surface area contributed by atoms with Gasteiger partial charge in [-0.25, -0.2) is 0 Å². The zero-order valence-corrected chi connectivity index (χ0v) is 36.7. The Morgan fingerprint density at radius 1 is 0.176 bits per heavy atom. The zero-order valence-electron chi connectivity index (χ0n) is 36.7. The summed E-state index contributed by atoms with van der Waals surface area (Å²) in [4.78, 5) is 10.8. The van der Waals surface area contributed by atoms with Gasteiger partial charge in [-0.2, -0.15) is 0 Å². The van der Waals surface area contributed by atoms with Gasteiger partial charge in [0.2, 0.25) is 0 Å². The Bertz CT molecular complexity index is 3500. The normalized spacial score (nSPS) is 19.4. The molecule has 8 heterocycles. The second-order valence-corrected chi connectivity index (χ2v) is 19.7. The topological polar surface area (TPSA) is 13.0 Å². The van der Waals surface area contributed by atoms with Crippen LogP contribution in [-0.2, 0) is 0 Å². The number of hydrogen-bond acceptors (Lipinski definition) is 4. The Morgan fingerprint density at radius 3 is 0.691 bits per heavy atom. The van der Waals surface area contributed by atoms with Crippen molar-refractivity contribution in [2.45, 2.75) is 24.2 Å². The van der Waals surface area contributed by atoms with Crippen LogP contribution in [0.15, 0.2) is 206 Å². The van der Waals surface area contributed by atoms with Gasteiger partial charge < -0.3 is 19.6 Å². The minimum Gasteiger partial charge on any atom is -0.329 e. The van der Waals surface area contributed by atoms with Crippen molar-refractivity contribution < 1.29 is 0 Å². The maximum absolute atomic E-state index is 2.73. The molecule has 314 valence electrons. The van der Waals surface area contributed by atoms with Gasteiger partial charge >= 0.3 is 0 Å². The van der Waals surface area contributed by atoms with Crippen molar-refractivity contribution in [2.75, 3.05) is 19.6 Å². The second-order valence-electron chi connectivity index (χ2n) is 19.7. The predicted octanol–water partition coefficient (Wildman–Crippen LogP) is 16.2. The van der Waals surface area contributed by atoms with E-state index in [2.05, 4.69) is 226 Å². The smallest absolute Gasteiger partial charge is 0.0858 e. The third-order valence-electron chi connectivity index (χ3n) is 17.0. The summed E-state index contributed by atoms with van der Waals surface area (Å²) in [5.41, 5.74) is 34.7. The molecule has 4 atom stereocenters. The van der Waals surface area contributed by atoms with E-state index in [4.69, 9.17) is 0 Å². The Morgan fingerprint density at radius 2 is 0.382 bits per heavy atom. The summed E-state index contributed by atoms with van der Waals surface area (Å²) < 4.78 is 0. The molecule has 0 bridgehead atoms. The molecule has 0 N–H and O–H groups in total. The molecule has 0 radical (unpaired) electrons. The Kier molecular flexibility index (Phi) is 6.05. The van der Waals surface area contributed by atoms with E-state index in [-0.39, 0.29) is 24.2 Å². The van der Waals surface area contributed by atoms with Crippen molar-refractivity contribution in [3.8, 4) is 55.6 Å². The molecule has 0 spiro atoms. The molecule has 4 nitrogen and oxygen atoms in total. The van der Waals surface area contributed by atoms with Crippen molar-refractivity contribution >= 4 is 45.5 Å². The third kappa shape index (κ3) is 3.79. The summed E-state index contributed by atoms with van der Waals surface area (Å²) >= 11 is 0. The predicted molar refractivity (Wildman–Crippen MR) is 275 cm³/mol. The SMILES string of the molecule is c1ccc2c(c1)-c1ccccc1N1c3cccc4c3-c3c(cccc3N3c5cccc6c5-c5c(cccc5N5c7cccc8c7-c7c(cccc7N7c9ccccc9-c9ccccc9C87)C65)C43)C21. The fourth-order valence-corrected chi connectivity index (χ4v) is 14.7. The van der Waals surface area contributed by atoms with Crippen LogP contribution in [0.5, 0.6) is 0 Å². The van der Waals surface area contributed by atoms with E-state index in [1.54, 1.807) is 0 Å². The molecule has 0 saturated carbocycles. The molecule has 0 aliphatic carbocycles. The molecule has 8 aliphatic rings. The molecule has 0 aromatic heterocycles. The molecular formula is C64H38N4. The lowest BCUT2D eigenvalue weighted by atomic mass is 9.69. The van der Waals surface area contributed by atoms with Gasteiger partial charge in [0, 0.05) is 55.9 Å². The molecular weight excluding hydrogens is 825 g/mol. The highest BCUT2D eigenvalue weighted by Crippen LogP contribution is 2.70. The third-order valence-corrected chi connectivity index (χ3v) is 17.0. The lowest BCUT2D eigenvalue weighted by Crippen LogP contribution is -2.41. The van der Waals surface area contributed by atoms with E-state index in [1.807, 2.05) is 0 Å². The van der Waals surface area contributed by atoms with Gasteiger partial charge in [-0.15, -0.1) is 0 Å². The highest BCUT2D eigenvalue weighted by atomic mass is 15.3. The van der Waals surface area contributed by atoms with E-state index in [9.17, 15) is 0 Å². The van der Waals surface area contributed by atoms with E-state index in [0.29, 0.717) is 0 Å². The number of nitrogens with zero attached hydrogens (tertiary/aromatic N) is 4. The number of rotatable bonds is 0. The first-order chi connectivity index (χ1) is 33.8. The van der Waals surface area contributed by atoms with E-state index >= 15 is 0 Å². The summed E-state index contributed by atoms with van der Waals surface area (Å²) in [6.07, 6.45) is 0. The van der Waals surface area contributed by atoms with Gasteiger partial charge in [-0.1, -0.05) is 158 Å². The monoisotopic (exact) mass is 862 g/mol. The largest absolute Gasteiger partial charge is 0.329 e. The molecule has 18 rings (SSSR count). The first-order valence-corrected chi connectivity index (χ1v) is 24.2. The number of fused-ring (bicyclic) bond motifs is 26. The first kappa shape index (κ1) is 34.7. The van der Waals surface area contributed by atoms with Crippen LogP contribution in [0.1, 0.15) is 68.7 Å². The highest BCUT2D eigenvalue weighted by Gasteiger charge is 2.52. The summed E-state index contributed by atoms with van der Waals surface area (Å²) in [7, 11) is 0. The van der Waals surface area contributed by atoms with Crippen molar-refractivity contribution in [3.05, 3.63) is 251 Å². The van der Waals surface area contributed by atoms with Crippen LogP contribution >= 0.6 is 0 Å². The van der Waals surface area contributed by atoms with E-state index in [0.717, 1.165) is 0 Å². The Balaban J connectivity index is 0.910. The molecule has 0 fully saturated rings. The molecule has 0 saturated heterocycles. The van der Waals surface area contributed by atoms with Gasteiger partial charge in [-0.05, 0) is 104 Å². The Labute approximate surface area is 393 Å². The summed E-state index contributed by atoms with van der Waals surface area (Å²) in [5.74, 6) is 0. The van der Waals surface area contributed by atoms with Gasteiger partial charge in [0.1, 0.15) is 0 Å². The summed E-state index contributed by atoms with van der Waals surface area (Å²) in [5, 5.41) is 0. The van der Waals surface area contributed by atoms with Crippen molar-refractivity contribution in [3.63, 3.8) is 0 Å². The van der Waals surface area contributed by atoms with Gasteiger partial charge in [-0.3, -0.25) is 0 Å². The average Bonchev–Trinajstić information content (AvgIpc) is 3.41. The molecule has 8 aliphatic heterocycles. The van der Waals surface area contributed by atoms with Crippen LogP contribution in [0.3, 0.4) is 0 Å². The van der Waals surface area contributed by atoms with Crippen molar-refractivity contribution in [2.24, 2.45) is 0 Å². The van der Waals surface area contributed by atoms with Crippen LogP contribution < -0.4 is 19.6 Å². The lowest BCUT2D eigenvalue weighted by Gasteiger charge is -2.54. The minimum atomic E-state index is -0.0217. The standard InChI is InChI=1S/C64H38N4/c1-3-19-39-35(15-1)37-17-5-7-27-47(37)65-49-29-11-23-43-57(49)55-41(61(39)65)21-9-31-51(55)67-53-33-13-26-46-59(53)60-45(63(43)67)25-14-34-54(60)68-52-32-10-22-42-56(52)58-44(64(46)68)24-12-30-50(58)66-48-28-8-6-18-38(48)36-16-2-4-20-40(36)62(42)66/h1-34,61-64H. The second kappa shape index (κ2) is 11.9. The van der Waals surface area contributed by atoms with Crippen LogP contribution in [0.25, 0.3) is 55.6 Å². The maximum atomic E-state index is 2.73. The number of benzene rings is 10. The van der Waals surface area contributed by atoms with Gasteiger partial charge in [0.15, 0.2) is 0 Å². The minimum absolute atomic E-state index is 0.0217. The molecule has 0 amide bonds. The van der Waals surface area contributed by atoms with E-state index in [1.165, 1.54) is 146 Å². The van der Waals surface area contributed by atoms with Crippen molar-refractivity contribution in [1.29, 1.82) is 0 Å². The number of hydrogen-bond donors (Lipinski definition) is 0. The molecule has 4 heteroatoms. The van der Waals surface area contributed by atoms with Gasteiger partial charge in [0.05, 0.1) is 58.3 Å². The fraction of sp³-hybridized carbons (Fsp3) is 0.0625. The quantitative estimate of drug-likeness (QED) is 0.151. The summed E-state index contributed by atoms with van der Waals surface area (Å²) in [6, 6.07) is 79.2. The number of para-hydroxylation sites is 2. The molecule has 68 heavy (non-hydrogen) atoms.